The van der Waals surface area contributed by atoms with E-state index in [1.165, 1.54) is 42.2 Å². The number of hydrogen-bond acceptors (Lipinski definition) is 4. The molecule has 0 saturated carbocycles. The van der Waals surface area contributed by atoms with Gasteiger partial charge < -0.3 is 5.32 Å². The first-order valence-corrected chi connectivity index (χ1v) is 9.41. The molecule has 0 unspecified atom stereocenters. The average molecular weight is 330 g/mol. The molecule has 0 radical (unpaired) electrons. The Labute approximate surface area is 143 Å². The van der Waals surface area contributed by atoms with E-state index in [2.05, 4.69) is 63.8 Å². The van der Waals surface area contributed by atoms with Crippen molar-refractivity contribution < 1.29 is 0 Å². The fourth-order valence-corrected chi connectivity index (χ4v) is 3.91. The molecular weight excluding hydrogens is 302 g/mol. The van der Waals surface area contributed by atoms with E-state index in [0.717, 1.165) is 26.2 Å². The second-order valence-corrected chi connectivity index (χ2v) is 7.31. The van der Waals surface area contributed by atoms with Gasteiger partial charge in [0, 0.05) is 57.2 Å². The van der Waals surface area contributed by atoms with Crippen LogP contribution in [0.2, 0.25) is 0 Å². The highest BCUT2D eigenvalue weighted by molar-refractivity contribution is 7.10. The summed E-state index contributed by atoms with van der Waals surface area (Å²) in [4.78, 5) is 6.61. The van der Waals surface area contributed by atoms with E-state index in [9.17, 15) is 0 Å². The molecule has 1 aromatic heterocycles. The largest absolute Gasteiger partial charge is 0.311 e. The minimum absolute atomic E-state index is 1.01. The summed E-state index contributed by atoms with van der Waals surface area (Å²) in [5.74, 6) is 0. The Hall–Kier alpha value is -1.20. The molecule has 0 spiro atoms. The van der Waals surface area contributed by atoms with Crippen LogP contribution in [-0.4, -0.2) is 49.1 Å². The zero-order valence-corrected chi connectivity index (χ0v) is 14.8. The van der Waals surface area contributed by atoms with Crippen LogP contribution in [0.3, 0.4) is 0 Å². The minimum Gasteiger partial charge on any atom is -0.311 e. The standard InChI is InChI=1S/C19H27N3S/c1-17-7-14-23-19(17)15-20-8-9-21-10-12-22(13-11-21)16-18-5-3-2-4-6-18/h2-7,14,20H,8-13,15-16H2,1H3. The highest BCUT2D eigenvalue weighted by Crippen LogP contribution is 2.14. The summed E-state index contributed by atoms with van der Waals surface area (Å²) in [6.07, 6.45) is 0. The summed E-state index contributed by atoms with van der Waals surface area (Å²) in [6.45, 7) is 11.3. The molecule has 1 fully saturated rings. The first kappa shape index (κ1) is 16.7. The third-order valence-corrected chi connectivity index (χ3v) is 5.60. The third-order valence-electron chi connectivity index (χ3n) is 4.57. The molecule has 2 heterocycles. The van der Waals surface area contributed by atoms with Crippen LogP contribution in [-0.2, 0) is 13.1 Å². The van der Waals surface area contributed by atoms with Crippen LogP contribution in [0.4, 0.5) is 0 Å². The number of aryl methyl sites for hydroxylation is 1. The maximum absolute atomic E-state index is 3.58. The van der Waals surface area contributed by atoms with Gasteiger partial charge in [-0.1, -0.05) is 30.3 Å². The summed E-state index contributed by atoms with van der Waals surface area (Å²) in [7, 11) is 0. The molecule has 1 saturated heterocycles. The molecular formula is C19H27N3S. The van der Waals surface area contributed by atoms with E-state index in [-0.39, 0.29) is 0 Å². The molecule has 0 bridgehead atoms. The summed E-state index contributed by atoms with van der Waals surface area (Å²) in [5, 5.41) is 5.76. The lowest BCUT2D eigenvalue weighted by molar-refractivity contribution is 0.127. The number of nitrogens with one attached hydrogen (secondary N) is 1. The molecule has 124 valence electrons. The van der Waals surface area contributed by atoms with Crippen LogP contribution >= 0.6 is 11.3 Å². The van der Waals surface area contributed by atoms with Crippen molar-refractivity contribution in [3.63, 3.8) is 0 Å². The van der Waals surface area contributed by atoms with Gasteiger partial charge in [-0.2, -0.15) is 0 Å². The van der Waals surface area contributed by atoms with Crippen molar-refractivity contribution in [1.29, 1.82) is 0 Å². The molecule has 1 N–H and O–H groups in total. The Kier molecular flexibility index (Phi) is 6.22. The van der Waals surface area contributed by atoms with Crippen LogP contribution < -0.4 is 5.32 Å². The molecule has 1 aliphatic rings. The molecule has 1 aromatic carbocycles. The Morgan fingerprint density at radius 2 is 1.74 bits per heavy atom. The normalized spacial score (nSPS) is 16.7. The maximum Gasteiger partial charge on any atom is 0.0302 e. The molecule has 0 amide bonds. The lowest BCUT2D eigenvalue weighted by Gasteiger charge is -2.34. The van der Waals surface area contributed by atoms with E-state index in [0.29, 0.717) is 0 Å². The fraction of sp³-hybridized carbons (Fsp3) is 0.474. The van der Waals surface area contributed by atoms with E-state index in [1.807, 2.05) is 11.3 Å². The number of nitrogens with zero attached hydrogens (tertiary/aromatic N) is 2. The second-order valence-electron chi connectivity index (χ2n) is 6.31. The van der Waals surface area contributed by atoms with Gasteiger partial charge in [0.05, 0.1) is 0 Å². The van der Waals surface area contributed by atoms with Gasteiger partial charge in [0.1, 0.15) is 0 Å². The summed E-state index contributed by atoms with van der Waals surface area (Å²) < 4.78 is 0. The van der Waals surface area contributed by atoms with Gasteiger partial charge >= 0.3 is 0 Å². The second kappa shape index (κ2) is 8.60. The molecule has 0 atom stereocenters. The van der Waals surface area contributed by atoms with E-state index in [4.69, 9.17) is 0 Å². The lowest BCUT2D eigenvalue weighted by atomic mass is 10.2. The summed E-state index contributed by atoms with van der Waals surface area (Å²) >= 11 is 1.85. The van der Waals surface area contributed by atoms with Crippen molar-refractivity contribution in [2.45, 2.75) is 20.0 Å². The lowest BCUT2D eigenvalue weighted by Crippen LogP contribution is -2.47. The monoisotopic (exact) mass is 329 g/mol. The average Bonchev–Trinajstić information content (AvgIpc) is 2.99. The van der Waals surface area contributed by atoms with Gasteiger partial charge in [-0.3, -0.25) is 9.80 Å². The predicted octanol–water partition coefficient (Wildman–Crippen LogP) is 2.96. The van der Waals surface area contributed by atoms with Crippen molar-refractivity contribution in [1.82, 2.24) is 15.1 Å². The first-order chi connectivity index (χ1) is 11.3. The highest BCUT2D eigenvalue weighted by Gasteiger charge is 2.16. The highest BCUT2D eigenvalue weighted by atomic mass is 32.1. The van der Waals surface area contributed by atoms with Gasteiger partial charge in [0.2, 0.25) is 0 Å². The zero-order valence-electron chi connectivity index (χ0n) is 14.0. The van der Waals surface area contributed by atoms with Crippen LogP contribution in [0, 0.1) is 6.92 Å². The SMILES string of the molecule is Cc1ccsc1CNCCN1CCN(Cc2ccccc2)CC1. The minimum atomic E-state index is 1.01. The van der Waals surface area contributed by atoms with Crippen LogP contribution in [0.5, 0.6) is 0 Å². The number of thiophene rings is 1. The molecule has 3 rings (SSSR count). The zero-order chi connectivity index (χ0) is 15.9. The first-order valence-electron chi connectivity index (χ1n) is 8.53. The number of rotatable bonds is 7. The van der Waals surface area contributed by atoms with Gasteiger partial charge in [0.25, 0.3) is 0 Å². The van der Waals surface area contributed by atoms with Gasteiger partial charge in [0.15, 0.2) is 0 Å². The van der Waals surface area contributed by atoms with Crippen molar-refractivity contribution in [2.75, 3.05) is 39.3 Å². The van der Waals surface area contributed by atoms with Crippen molar-refractivity contribution in [3.8, 4) is 0 Å². The Bertz CT molecular complexity index is 573. The smallest absolute Gasteiger partial charge is 0.0302 e. The predicted molar refractivity (Wildman–Crippen MR) is 98.9 cm³/mol. The summed E-state index contributed by atoms with van der Waals surface area (Å²) in [6, 6.07) is 13.0. The Balaban J connectivity index is 1.31. The van der Waals surface area contributed by atoms with Gasteiger partial charge in [-0.05, 0) is 29.5 Å². The fourth-order valence-electron chi connectivity index (χ4n) is 3.04. The van der Waals surface area contributed by atoms with Crippen LogP contribution in [0.25, 0.3) is 0 Å². The van der Waals surface area contributed by atoms with E-state index in [1.54, 1.807) is 0 Å². The Morgan fingerprint density at radius 1 is 1.00 bits per heavy atom. The molecule has 0 aliphatic carbocycles. The van der Waals surface area contributed by atoms with Gasteiger partial charge in [-0.25, -0.2) is 0 Å². The Morgan fingerprint density at radius 3 is 2.43 bits per heavy atom. The van der Waals surface area contributed by atoms with Crippen LogP contribution in [0.1, 0.15) is 16.0 Å². The number of benzene rings is 1. The third kappa shape index (κ3) is 5.15. The van der Waals surface area contributed by atoms with Crippen molar-refractivity contribution in [2.24, 2.45) is 0 Å². The number of piperazine rings is 1. The van der Waals surface area contributed by atoms with Crippen LogP contribution in [0.15, 0.2) is 41.8 Å². The molecule has 1 aliphatic heterocycles. The molecule has 3 nitrogen and oxygen atoms in total. The summed E-state index contributed by atoms with van der Waals surface area (Å²) in [5.41, 5.74) is 2.84. The van der Waals surface area contributed by atoms with Gasteiger partial charge in [-0.15, -0.1) is 11.3 Å². The topological polar surface area (TPSA) is 18.5 Å². The molecule has 2 aromatic rings. The molecule has 23 heavy (non-hydrogen) atoms. The van der Waals surface area contributed by atoms with E-state index < -0.39 is 0 Å². The maximum atomic E-state index is 3.58. The van der Waals surface area contributed by atoms with E-state index >= 15 is 0 Å². The number of hydrogen-bond donors (Lipinski definition) is 1. The quantitative estimate of drug-likeness (QED) is 0.788. The van der Waals surface area contributed by atoms with Crippen molar-refractivity contribution >= 4 is 11.3 Å². The molecule has 4 heteroatoms. The van der Waals surface area contributed by atoms with Crippen molar-refractivity contribution in [3.05, 3.63) is 57.8 Å².